The second kappa shape index (κ2) is 6.18. The normalized spacial score (nSPS) is 10.8. The van der Waals surface area contributed by atoms with Crippen molar-refractivity contribution in [1.82, 2.24) is 9.78 Å². The van der Waals surface area contributed by atoms with Crippen LogP contribution in [0.1, 0.15) is 35.6 Å². The molecule has 106 valence electrons. The molecular weight excluding hydrogens is 279 g/mol. The summed E-state index contributed by atoms with van der Waals surface area (Å²) in [4.78, 5) is 12.3. The molecule has 0 spiro atoms. The predicted octanol–water partition coefficient (Wildman–Crippen LogP) is 3.68. The molecule has 1 heterocycles. The molecule has 0 aliphatic heterocycles. The third kappa shape index (κ3) is 3.07. The van der Waals surface area contributed by atoms with Gasteiger partial charge in [0.15, 0.2) is 5.78 Å². The lowest BCUT2D eigenvalue weighted by molar-refractivity contribution is 0.0981. The number of benzene rings is 1. The van der Waals surface area contributed by atoms with E-state index in [1.165, 1.54) is 18.2 Å². The summed E-state index contributed by atoms with van der Waals surface area (Å²) in [5, 5.41) is 4.75. The van der Waals surface area contributed by atoms with Crippen LogP contribution >= 0.6 is 11.6 Å². The van der Waals surface area contributed by atoms with Crippen molar-refractivity contribution in [2.75, 3.05) is 0 Å². The number of hydrogen-bond acceptors (Lipinski definition) is 2. The first kappa shape index (κ1) is 14.7. The molecule has 0 N–H and O–H groups in total. The molecule has 3 nitrogen and oxygen atoms in total. The molecule has 0 radical (unpaired) electrons. The summed E-state index contributed by atoms with van der Waals surface area (Å²) in [6, 6.07) is 6.01. The number of rotatable bonds is 5. The average Bonchev–Trinajstić information content (AvgIpc) is 2.86. The zero-order chi connectivity index (χ0) is 14.7. The minimum Gasteiger partial charge on any atom is -0.292 e. The highest BCUT2D eigenvalue weighted by atomic mass is 35.5. The van der Waals surface area contributed by atoms with Crippen LogP contribution in [0.2, 0.25) is 5.02 Å². The van der Waals surface area contributed by atoms with Crippen molar-refractivity contribution in [2.24, 2.45) is 0 Å². The van der Waals surface area contributed by atoms with Crippen molar-refractivity contribution in [3.05, 3.63) is 52.1 Å². The van der Waals surface area contributed by atoms with Gasteiger partial charge in [0.1, 0.15) is 11.5 Å². The summed E-state index contributed by atoms with van der Waals surface area (Å²) in [7, 11) is 0. The first-order chi connectivity index (χ1) is 9.55. The third-order valence-electron chi connectivity index (χ3n) is 3.14. The maximum atomic E-state index is 13.7. The fraction of sp³-hybridized carbons (Fsp3) is 0.333. The van der Waals surface area contributed by atoms with Gasteiger partial charge >= 0.3 is 0 Å². The Morgan fingerprint density at radius 2 is 2.10 bits per heavy atom. The predicted molar refractivity (Wildman–Crippen MR) is 76.7 cm³/mol. The Bertz CT molecular complexity index is 637. The first-order valence-electron chi connectivity index (χ1n) is 6.59. The minimum atomic E-state index is -0.416. The smallest absolute Gasteiger partial charge is 0.185 e. The lowest BCUT2D eigenvalue weighted by Gasteiger charge is -2.05. The van der Waals surface area contributed by atoms with Crippen molar-refractivity contribution < 1.29 is 9.18 Å². The topological polar surface area (TPSA) is 34.9 Å². The van der Waals surface area contributed by atoms with Crippen LogP contribution in [0.4, 0.5) is 4.39 Å². The SMILES string of the molecule is CCc1cc(C(=O)Cc2cc(Cl)ccc2F)n(CC)n1. The average molecular weight is 295 g/mol. The number of aromatic nitrogens is 2. The molecule has 0 bridgehead atoms. The molecular formula is C15H16ClFN2O. The number of ketones is 1. The Balaban J connectivity index is 2.28. The quantitative estimate of drug-likeness (QED) is 0.788. The highest BCUT2D eigenvalue weighted by Crippen LogP contribution is 2.17. The Labute approximate surface area is 122 Å². The van der Waals surface area contributed by atoms with Crippen molar-refractivity contribution >= 4 is 17.4 Å². The van der Waals surface area contributed by atoms with Gasteiger partial charge in [0.2, 0.25) is 0 Å². The van der Waals surface area contributed by atoms with E-state index in [9.17, 15) is 9.18 Å². The molecule has 0 saturated carbocycles. The number of Topliss-reactive ketones (excluding diaryl/α,β-unsaturated/α-hetero) is 1. The van der Waals surface area contributed by atoms with Gasteiger partial charge in [-0.05, 0) is 43.2 Å². The van der Waals surface area contributed by atoms with Crippen molar-refractivity contribution in [2.45, 2.75) is 33.2 Å². The standard InChI is InChI=1S/C15H16ClFN2O/c1-3-12-9-14(19(4-2)18-12)15(20)8-10-7-11(16)5-6-13(10)17/h5-7,9H,3-4,8H2,1-2H3. The number of carbonyl (C=O) groups is 1. The number of aryl methyl sites for hydroxylation is 2. The van der Waals surface area contributed by atoms with E-state index in [0.29, 0.717) is 22.8 Å². The van der Waals surface area contributed by atoms with Crippen molar-refractivity contribution in [3.63, 3.8) is 0 Å². The van der Waals surface area contributed by atoms with Crippen LogP contribution < -0.4 is 0 Å². The van der Waals surface area contributed by atoms with Crippen LogP contribution in [-0.4, -0.2) is 15.6 Å². The minimum absolute atomic E-state index is 0.0127. The lowest BCUT2D eigenvalue weighted by Crippen LogP contribution is -2.12. The van der Waals surface area contributed by atoms with Crippen molar-refractivity contribution in [1.29, 1.82) is 0 Å². The molecule has 0 amide bonds. The lowest BCUT2D eigenvalue weighted by atomic mass is 10.1. The molecule has 0 atom stereocenters. The fourth-order valence-electron chi connectivity index (χ4n) is 2.05. The summed E-state index contributed by atoms with van der Waals surface area (Å²) in [6.45, 7) is 4.51. The summed E-state index contributed by atoms with van der Waals surface area (Å²) < 4.78 is 15.3. The van der Waals surface area contributed by atoms with E-state index < -0.39 is 5.82 Å². The Kier molecular flexibility index (Phi) is 4.55. The van der Waals surface area contributed by atoms with Crippen LogP contribution in [0.3, 0.4) is 0 Å². The van der Waals surface area contributed by atoms with Crippen LogP contribution in [0.15, 0.2) is 24.3 Å². The molecule has 0 aliphatic rings. The molecule has 0 aliphatic carbocycles. The van der Waals surface area contributed by atoms with Gasteiger partial charge < -0.3 is 0 Å². The molecule has 0 saturated heterocycles. The molecule has 1 aromatic heterocycles. The van der Waals surface area contributed by atoms with Gasteiger partial charge in [-0.25, -0.2) is 4.39 Å². The summed E-state index contributed by atoms with van der Waals surface area (Å²) >= 11 is 5.84. The molecule has 0 unspecified atom stereocenters. The van der Waals surface area contributed by atoms with Crippen LogP contribution in [0.5, 0.6) is 0 Å². The maximum Gasteiger partial charge on any atom is 0.185 e. The van der Waals surface area contributed by atoms with Crippen molar-refractivity contribution in [3.8, 4) is 0 Å². The van der Waals surface area contributed by atoms with Gasteiger partial charge in [-0.3, -0.25) is 9.48 Å². The van der Waals surface area contributed by atoms with E-state index in [2.05, 4.69) is 5.10 Å². The van der Waals surface area contributed by atoms with E-state index in [1.807, 2.05) is 13.8 Å². The molecule has 5 heteroatoms. The van der Waals surface area contributed by atoms with E-state index in [4.69, 9.17) is 11.6 Å². The second-order valence-electron chi connectivity index (χ2n) is 4.53. The van der Waals surface area contributed by atoms with E-state index in [1.54, 1.807) is 10.7 Å². The second-order valence-corrected chi connectivity index (χ2v) is 4.96. The maximum absolute atomic E-state index is 13.7. The Morgan fingerprint density at radius 1 is 1.35 bits per heavy atom. The fourth-order valence-corrected chi connectivity index (χ4v) is 2.25. The van der Waals surface area contributed by atoms with Crippen LogP contribution in [0, 0.1) is 5.82 Å². The highest BCUT2D eigenvalue weighted by Gasteiger charge is 2.16. The Morgan fingerprint density at radius 3 is 2.75 bits per heavy atom. The number of hydrogen-bond donors (Lipinski definition) is 0. The van der Waals surface area contributed by atoms with Gasteiger partial charge in [0.05, 0.1) is 5.69 Å². The van der Waals surface area contributed by atoms with Gasteiger partial charge in [-0.2, -0.15) is 5.10 Å². The van der Waals surface area contributed by atoms with Gasteiger partial charge in [-0.15, -0.1) is 0 Å². The van der Waals surface area contributed by atoms with Gasteiger partial charge in [-0.1, -0.05) is 18.5 Å². The molecule has 1 aromatic carbocycles. The number of nitrogens with zero attached hydrogens (tertiary/aromatic N) is 2. The first-order valence-corrected chi connectivity index (χ1v) is 6.96. The largest absolute Gasteiger partial charge is 0.292 e. The summed E-state index contributed by atoms with van der Waals surface area (Å²) in [5.41, 5.74) is 1.69. The van der Waals surface area contributed by atoms with Gasteiger partial charge in [0.25, 0.3) is 0 Å². The van der Waals surface area contributed by atoms with Crippen LogP contribution in [0.25, 0.3) is 0 Å². The number of halogens is 2. The molecule has 0 fully saturated rings. The molecule has 2 aromatic rings. The molecule has 2 rings (SSSR count). The van der Waals surface area contributed by atoms with Crippen LogP contribution in [-0.2, 0) is 19.4 Å². The highest BCUT2D eigenvalue weighted by molar-refractivity contribution is 6.30. The zero-order valence-corrected chi connectivity index (χ0v) is 12.2. The van der Waals surface area contributed by atoms with E-state index in [0.717, 1.165) is 12.1 Å². The summed E-state index contributed by atoms with van der Waals surface area (Å²) in [5.74, 6) is -0.568. The van der Waals surface area contributed by atoms with E-state index in [-0.39, 0.29) is 12.2 Å². The zero-order valence-electron chi connectivity index (χ0n) is 11.5. The third-order valence-corrected chi connectivity index (χ3v) is 3.37. The summed E-state index contributed by atoms with van der Waals surface area (Å²) in [6.07, 6.45) is 0.750. The molecule has 20 heavy (non-hydrogen) atoms. The number of carbonyl (C=O) groups excluding carboxylic acids is 1. The Hall–Kier alpha value is -1.68. The van der Waals surface area contributed by atoms with E-state index >= 15 is 0 Å². The monoisotopic (exact) mass is 294 g/mol. The van der Waals surface area contributed by atoms with Gasteiger partial charge in [0, 0.05) is 18.0 Å².